The molecular weight excluding hydrogens is 152 g/mol. The van der Waals surface area contributed by atoms with Gasteiger partial charge < -0.3 is 0 Å². The first-order chi connectivity index (χ1) is 5.81. The molecule has 4 nitrogen and oxygen atoms in total. The quantitative estimate of drug-likeness (QED) is 0.521. The van der Waals surface area contributed by atoms with Gasteiger partial charge in [0.1, 0.15) is 6.33 Å². The predicted molar refractivity (Wildman–Crippen MR) is 49.1 cm³/mol. The average Bonchev–Trinajstić information content (AvgIpc) is 2.20. The Kier molecular flexibility index (Phi) is 7.42. The van der Waals surface area contributed by atoms with E-state index < -0.39 is 0 Å². The van der Waals surface area contributed by atoms with Crippen molar-refractivity contribution in [3.05, 3.63) is 24.8 Å². The first-order valence-corrected chi connectivity index (χ1v) is 4.00. The van der Waals surface area contributed by atoms with E-state index in [-0.39, 0.29) is 0 Å². The minimum absolute atomic E-state index is 0.941. The molecule has 0 radical (unpaired) electrons. The minimum Gasteiger partial charge on any atom is -0.269 e. The van der Waals surface area contributed by atoms with Crippen molar-refractivity contribution in [1.82, 2.24) is 15.0 Å². The molecule has 1 aromatic rings. The van der Waals surface area contributed by atoms with Crippen LogP contribution in [0.5, 0.6) is 0 Å². The maximum Gasteiger partial charge on any atom is 0.115 e. The van der Waals surface area contributed by atoms with Gasteiger partial charge in [-0.3, -0.25) is 5.84 Å². The van der Waals surface area contributed by atoms with Crippen molar-refractivity contribution in [2.75, 3.05) is 13.1 Å². The first-order valence-electron chi connectivity index (χ1n) is 4.00. The second-order valence-corrected chi connectivity index (χ2v) is 2.13. The lowest BCUT2D eigenvalue weighted by atomic mass is 10.6. The fourth-order valence-corrected chi connectivity index (χ4v) is 0.477. The van der Waals surface area contributed by atoms with Crippen LogP contribution in [0.1, 0.15) is 13.8 Å². The van der Waals surface area contributed by atoms with E-state index in [1.165, 1.54) is 6.33 Å². The molecule has 0 aliphatic carbocycles. The van der Waals surface area contributed by atoms with Gasteiger partial charge in [0.2, 0.25) is 0 Å². The summed E-state index contributed by atoms with van der Waals surface area (Å²) in [4.78, 5) is 7.35. The van der Waals surface area contributed by atoms with E-state index in [9.17, 15) is 0 Å². The van der Waals surface area contributed by atoms with E-state index in [1.54, 1.807) is 23.5 Å². The van der Waals surface area contributed by atoms with Crippen LogP contribution in [0.2, 0.25) is 0 Å². The van der Waals surface area contributed by atoms with Gasteiger partial charge >= 0.3 is 0 Å². The number of nitrogens with zero attached hydrogens (tertiary/aromatic N) is 3. The molecule has 0 spiro atoms. The number of rotatable bonds is 2. The van der Waals surface area contributed by atoms with Crippen molar-refractivity contribution >= 4 is 0 Å². The lowest BCUT2D eigenvalue weighted by Crippen LogP contribution is -2.29. The third-order valence-electron chi connectivity index (χ3n) is 1.29. The molecular formula is C8H16N4. The normalized spacial score (nSPS) is 9.00. The van der Waals surface area contributed by atoms with Gasteiger partial charge in [0.15, 0.2) is 0 Å². The monoisotopic (exact) mass is 168 g/mol. The molecule has 68 valence electrons. The molecule has 1 aromatic heterocycles. The summed E-state index contributed by atoms with van der Waals surface area (Å²) in [6.45, 7) is 5.94. The van der Waals surface area contributed by atoms with Crippen LogP contribution in [-0.2, 0) is 0 Å². The standard InChI is InChI=1S/C4H4N2.C4H12N2/c1-2-5-4-6-3-1;1-3-6(5)4-2/h1-4H;3-5H2,1-2H3. The molecule has 4 heteroatoms. The van der Waals surface area contributed by atoms with Gasteiger partial charge in [-0.2, -0.15) is 0 Å². The Morgan fingerprint density at radius 3 is 1.75 bits per heavy atom. The molecule has 0 fully saturated rings. The lowest BCUT2D eigenvalue weighted by molar-refractivity contribution is 0.316. The maximum atomic E-state index is 5.31. The van der Waals surface area contributed by atoms with Crippen LogP contribution < -0.4 is 5.84 Å². The average molecular weight is 168 g/mol. The van der Waals surface area contributed by atoms with Gasteiger partial charge in [-0.1, -0.05) is 13.8 Å². The number of hydrazine groups is 1. The molecule has 0 aliphatic rings. The van der Waals surface area contributed by atoms with Crippen LogP contribution in [0.3, 0.4) is 0 Å². The zero-order valence-corrected chi connectivity index (χ0v) is 7.64. The van der Waals surface area contributed by atoms with Gasteiger partial charge in [-0.25, -0.2) is 15.0 Å². The predicted octanol–water partition coefficient (Wildman–Crippen LogP) is 0.678. The van der Waals surface area contributed by atoms with Crippen molar-refractivity contribution in [3.63, 3.8) is 0 Å². The molecule has 0 atom stereocenters. The van der Waals surface area contributed by atoms with Crippen LogP contribution in [0.4, 0.5) is 0 Å². The van der Waals surface area contributed by atoms with Gasteiger partial charge in [0.25, 0.3) is 0 Å². The molecule has 0 saturated heterocycles. The molecule has 1 rings (SSSR count). The second kappa shape index (κ2) is 8.10. The molecule has 0 aromatic carbocycles. The van der Waals surface area contributed by atoms with Crippen LogP contribution in [-0.4, -0.2) is 28.1 Å². The van der Waals surface area contributed by atoms with Crippen molar-refractivity contribution in [3.8, 4) is 0 Å². The Morgan fingerprint density at radius 2 is 1.67 bits per heavy atom. The van der Waals surface area contributed by atoms with Crippen molar-refractivity contribution in [2.45, 2.75) is 13.8 Å². The molecule has 1 heterocycles. The Labute approximate surface area is 73.4 Å². The fraction of sp³-hybridized carbons (Fsp3) is 0.500. The highest BCUT2D eigenvalue weighted by Crippen LogP contribution is 1.68. The van der Waals surface area contributed by atoms with Crippen molar-refractivity contribution in [2.24, 2.45) is 5.84 Å². The molecule has 2 N–H and O–H groups in total. The minimum atomic E-state index is 0.941. The molecule has 0 bridgehead atoms. The summed E-state index contributed by atoms with van der Waals surface area (Å²) < 4.78 is 0. The second-order valence-electron chi connectivity index (χ2n) is 2.13. The van der Waals surface area contributed by atoms with Crippen LogP contribution >= 0.6 is 0 Å². The van der Waals surface area contributed by atoms with Crippen LogP contribution in [0.25, 0.3) is 0 Å². The van der Waals surface area contributed by atoms with Gasteiger partial charge in [0, 0.05) is 25.5 Å². The summed E-state index contributed by atoms with van der Waals surface area (Å²) >= 11 is 0. The zero-order valence-electron chi connectivity index (χ0n) is 7.64. The molecule has 0 aliphatic heterocycles. The highest BCUT2D eigenvalue weighted by molar-refractivity contribution is 4.74. The first kappa shape index (κ1) is 11.0. The Bertz CT molecular complexity index is 135. The lowest BCUT2D eigenvalue weighted by Gasteiger charge is -2.07. The SMILES string of the molecule is CCN(N)CC.c1cncnc1. The summed E-state index contributed by atoms with van der Waals surface area (Å²) in [5, 5.41) is 1.75. The van der Waals surface area contributed by atoms with Crippen LogP contribution in [0, 0.1) is 0 Å². The zero-order chi connectivity index (χ0) is 9.23. The van der Waals surface area contributed by atoms with E-state index in [4.69, 9.17) is 5.84 Å². The van der Waals surface area contributed by atoms with Gasteiger partial charge in [-0.05, 0) is 6.07 Å². The molecule has 12 heavy (non-hydrogen) atoms. The smallest absolute Gasteiger partial charge is 0.115 e. The summed E-state index contributed by atoms with van der Waals surface area (Å²) in [7, 11) is 0. The summed E-state index contributed by atoms with van der Waals surface area (Å²) in [6, 6.07) is 1.78. The van der Waals surface area contributed by atoms with Gasteiger partial charge in [-0.15, -0.1) is 0 Å². The number of nitrogens with two attached hydrogens (primary N) is 1. The Hall–Kier alpha value is -1.00. The van der Waals surface area contributed by atoms with E-state index >= 15 is 0 Å². The number of hydrogen-bond donors (Lipinski definition) is 1. The Balaban J connectivity index is 0.000000202. The maximum absolute atomic E-state index is 5.31. The highest BCUT2D eigenvalue weighted by atomic mass is 15.4. The third kappa shape index (κ3) is 7.11. The van der Waals surface area contributed by atoms with E-state index in [1.807, 2.05) is 13.8 Å². The summed E-state index contributed by atoms with van der Waals surface area (Å²) in [5.74, 6) is 5.31. The topological polar surface area (TPSA) is 55.0 Å². The fourth-order valence-electron chi connectivity index (χ4n) is 0.477. The molecule has 0 saturated carbocycles. The highest BCUT2D eigenvalue weighted by Gasteiger charge is 1.82. The summed E-state index contributed by atoms with van der Waals surface area (Å²) in [5.41, 5.74) is 0. The van der Waals surface area contributed by atoms with Crippen molar-refractivity contribution in [1.29, 1.82) is 0 Å². The van der Waals surface area contributed by atoms with Crippen LogP contribution in [0.15, 0.2) is 24.8 Å². The summed E-state index contributed by atoms with van der Waals surface area (Å²) in [6.07, 6.45) is 4.88. The van der Waals surface area contributed by atoms with E-state index in [0.29, 0.717) is 0 Å². The van der Waals surface area contributed by atoms with Crippen molar-refractivity contribution < 1.29 is 0 Å². The van der Waals surface area contributed by atoms with E-state index in [2.05, 4.69) is 9.97 Å². The molecule has 0 amide bonds. The van der Waals surface area contributed by atoms with E-state index in [0.717, 1.165) is 13.1 Å². The number of aromatic nitrogens is 2. The Morgan fingerprint density at radius 1 is 1.17 bits per heavy atom. The largest absolute Gasteiger partial charge is 0.269 e. The third-order valence-corrected chi connectivity index (χ3v) is 1.29. The van der Waals surface area contributed by atoms with Gasteiger partial charge in [0.05, 0.1) is 0 Å². The number of hydrogen-bond acceptors (Lipinski definition) is 4. The molecule has 0 unspecified atom stereocenters.